The third-order valence-electron chi connectivity index (χ3n) is 2.70. The quantitative estimate of drug-likeness (QED) is 0.387. The molecule has 0 aliphatic carbocycles. The Bertz CT molecular complexity index is 674. The topological polar surface area (TPSA) is 67.8 Å². The molecule has 20 heavy (non-hydrogen) atoms. The minimum absolute atomic E-state index is 0.0890. The van der Waals surface area contributed by atoms with Crippen LogP contribution in [-0.2, 0) is 0 Å². The molecule has 0 amide bonds. The lowest BCUT2D eigenvalue weighted by Gasteiger charge is -2.11. The number of rotatable bonds is 3. The summed E-state index contributed by atoms with van der Waals surface area (Å²) in [5.41, 5.74) is 6.53. The van der Waals surface area contributed by atoms with Crippen molar-refractivity contribution in [3.63, 3.8) is 0 Å². The summed E-state index contributed by atoms with van der Waals surface area (Å²) in [5, 5.41) is 11.7. The molecule has 0 radical (unpaired) electrons. The number of nitrogens with two attached hydrogens (primary N) is 1. The van der Waals surface area contributed by atoms with Crippen LogP contribution in [0.15, 0.2) is 46.0 Å². The van der Waals surface area contributed by atoms with Crippen LogP contribution in [0.5, 0.6) is 11.5 Å². The van der Waals surface area contributed by atoms with Crippen LogP contribution < -0.4 is 10.5 Å². The van der Waals surface area contributed by atoms with E-state index in [1.54, 1.807) is 37.3 Å². The maximum atomic E-state index is 13.5. The van der Waals surface area contributed by atoms with Gasteiger partial charge in [0.15, 0.2) is 5.84 Å². The molecule has 0 atom stereocenters. The minimum Gasteiger partial charge on any atom is -0.456 e. The first-order chi connectivity index (χ1) is 9.51. The van der Waals surface area contributed by atoms with E-state index in [9.17, 15) is 4.39 Å². The number of aryl methyl sites for hydroxylation is 1. The maximum absolute atomic E-state index is 13.5. The van der Waals surface area contributed by atoms with Crippen LogP contribution in [0.3, 0.4) is 0 Å². The van der Waals surface area contributed by atoms with E-state index in [1.807, 2.05) is 0 Å². The van der Waals surface area contributed by atoms with E-state index in [0.29, 0.717) is 22.6 Å². The van der Waals surface area contributed by atoms with Crippen molar-refractivity contribution in [1.82, 2.24) is 0 Å². The molecular weight excluding hydrogens is 327 g/mol. The highest BCUT2D eigenvalue weighted by molar-refractivity contribution is 9.10. The Morgan fingerprint density at radius 2 is 2.05 bits per heavy atom. The lowest BCUT2D eigenvalue weighted by atomic mass is 10.2. The normalized spacial score (nSPS) is 11.4. The zero-order valence-corrected chi connectivity index (χ0v) is 12.2. The van der Waals surface area contributed by atoms with E-state index in [0.717, 1.165) is 4.47 Å². The average Bonchev–Trinajstić information content (AvgIpc) is 2.44. The Morgan fingerprint density at radius 1 is 1.30 bits per heavy atom. The molecule has 0 saturated carbocycles. The molecule has 0 fully saturated rings. The minimum atomic E-state index is -0.357. The molecule has 0 aliphatic rings. The fraction of sp³-hybridized carbons (Fsp3) is 0.0714. The van der Waals surface area contributed by atoms with Gasteiger partial charge in [0.25, 0.3) is 0 Å². The van der Waals surface area contributed by atoms with Gasteiger partial charge in [-0.25, -0.2) is 4.39 Å². The molecule has 0 unspecified atom stereocenters. The Balaban J connectivity index is 2.40. The smallest absolute Gasteiger partial charge is 0.173 e. The number of hydrogen-bond donors (Lipinski definition) is 2. The van der Waals surface area contributed by atoms with Crippen LogP contribution in [0.25, 0.3) is 0 Å². The number of halogens is 2. The fourth-order valence-electron chi connectivity index (χ4n) is 1.61. The summed E-state index contributed by atoms with van der Waals surface area (Å²) in [5.74, 6) is 0.257. The van der Waals surface area contributed by atoms with Crippen molar-refractivity contribution in [3.8, 4) is 11.5 Å². The van der Waals surface area contributed by atoms with Crippen LogP contribution in [0.4, 0.5) is 4.39 Å². The van der Waals surface area contributed by atoms with Crippen molar-refractivity contribution in [1.29, 1.82) is 0 Å². The molecule has 0 aliphatic heterocycles. The number of ether oxygens (including phenoxy) is 1. The number of oxime groups is 1. The average molecular weight is 339 g/mol. The van der Waals surface area contributed by atoms with Crippen molar-refractivity contribution in [2.24, 2.45) is 10.9 Å². The Labute approximate surface area is 123 Å². The first kappa shape index (κ1) is 14.3. The summed E-state index contributed by atoms with van der Waals surface area (Å²) >= 11 is 3.29. The predicted octanol–water partition coefficient (Wildman–Crippen LogP) is 3.78. The van der Waals surface area contributed by atoms with E-state index in [4.69, 9.17) is 15.7 Å². The molecule has 104 valence electrons. The van der Waals surface area contributed by atoms with E-state index in [2.05, 4.69) is 21.1 Å². The van der Waals surface area contributed by atoms with Gasteiger partial charge in [0, 0.05) is 10.5 Å². The SMILES string of the molecule is Cc1ccc(Oc2ccc(Br)cc2/C(N)=N/O)cc1F. The van der Waals surface area contributed by atoms with Crippen molar-refractivity contribution >= 4 is 21.8 Å². The molecule has 2 aromatic carbocycles. The van der Waals surface area contributed by atoms with E-state index in [1.165, 1.54) is 6.07 Å². The zero-order valence-electron chi connectivity index (χ0n) is 10.6. The van der Waals surface area contributed by atoms with Gasteiger partial charge in [-0.2, -0.15) is 0 Å². The van der Waals surface area contributed by atoms with Crippen LogP contribution in [0, 0.1) is 12.7 Å². The second kappa shape index (κ2) is 5.92. The van der Waals surface area contributed by atoms with E-state index >= 15 is 0 Å². The van der Waals surface area contributed by atoms with Gasteiger partial charge in [-0.3, -0.25) is 0 Å². The standard InChI is InChI=1S/C14H12BrFN2O2/c1-8-2-4-10(7-12(8)16)20-13-5-3-9(15)6-11(13)14(17)18-19/h2-7,19H,1H3,(H2,17,18). The van der Waals surface area contributed by atoms with Gasteiger partial charge in [0.1, 0.15) is 17.3 Å². The second-order valence-corrected chi connectivity index (χ2v) is 5.05. The molecule has 3 N–H and O–H groups in total. The van der Waals surface area contributed by atoms with Crippen LogP contribution in [-0.4, -0.2) is 11.0 Å². The van der Waals surface area contributed by atoms with Gasteiger partial charge >= 0.3 is 0 Å². The lowest BCUT2D eigenvalue weighted by molar-refractivity contribution is 0.318. The predicted molar refractivity (Wildman–Crippen MR) is 77.9 cm³/mol. The summed E-state index contributed by atoms with van der Waals surface area (Å²) in [6.45, 7) is 1.67. The molecule has 0 saturated heterocycles. The van der Waals surface area contributed by atoms with Crippen molar-refractivity contribution in [3.05, 3.63) is 57.8 Å². The van der Waals surface area contributed by atoms with E-state index in [-0.39, 0.29) is 11.7 Å². The van der Waals surface area contributed by atoms with Gasteiger partial charge in [-0.05, 0) is 36.8 Å². The van der Waals surface area contributed by atoms with Crippen molar-refractivity contribution < 1.29 is 14.3 Å². The van der Waals surface area contributed by atoms with Crippen LogP contribution in [0.2, 0.25) is 0 Å². The highest BCUT2D eigenvalue weighted by Gasteiger charge is 2.11. The van der Waals surface area contributed by atoms with Crippen LogP contribution >= 0.6 is 15.9 Å². The Hall–Kier alpha value is -2.08. The lowest BCUT2D eigenvalue weighted by Crippen LogP contribution is -2.14. The van der Waals surface area contributed by atoms with Crippen molar-refractivity contribution in [2.45, 2.75) is 6.92 Å². The molecule has 0 heterocycles. The first-order valence-corrected chi connectivity index (χ1v) is 6.52. The van der Waals surface area contributed by atoms with Gasteiger partial charge in [-0.15, -0.1) is 0 Å². The second-order valence-electron chi connectivity index (χ2n) is 4.14. The highest BCUT2D eigenvalue weighted by Crippen LogP contribution is 2.28. The Morgan fingerprint density at radius 3 is 2.70 bits per heavy atom. The first-order valence-electron chi connectivity index (χ1n) is 5.72. The molecule has 2 rings (SSSR count). The maximum Gasteiger partial charge on any atom is 0.173 e. The number of nitrogens with zero attached hydrogens (tertiary/aromatic N) is 1. The van der Waals surface area contributed by atoms with Crippen LogP contribution in [0.1, 0.15) is 11.1 Å². The molecule has 6 heteroatoms. The zero-order chi connectivity index (χ0) is 14.7. The summed E-state index contributed by atoms with van der Waals surface area (Å²) < 4.78 is 19.8. The molecule has 4 nitrogen and oxygen atoms in total. The van der Waals surface area contributed by atoms with Crippen molar-refractivity contribution in [2.75, 3.05) is 0 Å². The summed E-state index contributed by atoms with van der Waals surface area (Å²) in [7, 11) is 0. The third kappa shape index (κ3) is 3.08. The van der Waals surface area contributed by atoms with Gasteiger partial charge in [0.05, 0.1) is 5.56 Å². The van der Waals surface area contributed by atoms with E-state index < -0.39 is 0 Å². The van der Waals surface area contributed by atoms with Gasteiger partial charge < -0.3 is 15.7 Å². The largest absolute Gasteiger partial charge is 0.456 e. The number of benzene rings is 2. The molecule has 2 aromatic rings. The Kier molecular flexibility index (Phi) is 4.24. The summed E-state index contributed by atoms with van der Waals surface area (Å²) in [4.78, 5) is 0. The number of hydrogen-bond acceptors (Lipinski definition) is 3. The monoisotopic (exact) mass is 338 g/mol. The number of amidine groups is 1. The molecule has 0 bridgehead atoms. The fourth-order valence-corrected chi connectivity index (χ4v) is 1.97. The summed E-state index contributed by atoms with van der Waals surface area (Å²) in [6.07, 6.45) is 0. The third-order valence-corrected chi connectivity index (χ3v) is 3.19. The molecular formula is C14H12BrFN2O2. The van der Waals surface area contributed by atoms with Gasteiger partial charge in [0.2, 0.25) is 0 Å². The highest BCUT2D eigenvalue weighted by atomic mass is 79.9. The summed E-state index contributed by atoms with van der Waals surface area (Å²) in [6, 6.07) is 9.59. The molecule has 0 spiro atoms. The van der Waals surface area contributed by atoms with Gasteiger partial charge in [-0.1, -0.05) is 27.2 Å². The molecule has 0 aromatic heterocycles.